The van der Waals surface area contributed by atoms with E-state index in [2.05, 4.69) is 30.5 Å². The van der Waals surface area contributed by atoms with Crippen LogP contribution in [-0.4, -0.2) is 50.1 Å². The molecular formula is C13H20N6O. The van der Waals surface area contributed by atoms with E-state index >= 15 is 0 Å². The van der Waals surface area contributed by atoms with Crippen LogP contribution in [0.1, 0.15) is 30.3 Å². The molecule has 1 aliphatic heterocycles. The van der Waals surface area contributed by atoms with Gasteiger partial charge >= 0.3 is 0 Å². The number of rotatable bonds is 5. The molecule has 2 aromatic heterocycles. The Morgan fingerprint density at radius 1 is 1.40 bits per heavy atom. The van der Waals surface area contributed by atoms with E-state index in [4.69, 9.17) is 4.52 Å². The van der Waals surface area contributed by atoms with Gasteiger partial charge in [0.1, 0.15) is 0 Å². The smallest absolute Gasteiger partial charge is 0.223 e. The van der Waals surface area contributed by atoms with Crippen LogP contribution in [0.5, 0.6) is 0 Å². The van der Waals surface area contributed by atoms with E-state index in [1.807, 2.05) is 6.92 Å². The summed E-state index contributed by atoms with van der Waals surface area (Å²) in [6.45, 7) is 5.17. The van der Waals surface area contributed by atoms with E-state index in [0.29, 0.717) is 11.8 Å². The molecule has 0 spiro atoms. The zero-order valence-electron chi connectivity index (χ0n) is 11.7. The molecule has 3 heterocycles. The highest BCUT2D eigenvalue weighted by Gasteiger charge is 2.21. The topological polar surface area (TPSA) is 83.7 Å². The van der Waals surface area contributed by atoms with E-state index in [9.17, 15) is 0 Å². The van der Waals surface area contributed by atoms with Crippen LogP contribution in [0.4, 0.5) is 0 Å². The van der Waals surface area contributed by atoms with Crippen molar-refractivity contribution in [1.82, 2.24) is 30.5 Å². The van der Waals surface area contributed by atoms with Crippen molar-refractivity contribution in [1.29, 1.82) is 0 Å². The number of aryl methyl sites for hydroxylation is 1. The second kappa shape index (κ2) is 6.13. The molecule has 1 saturated heterocycles. The lowest BCUT2D eigenvalue weighted by Crippen LogP contribution is -2.35. The third-order valence-corrected chi connectivity index (χ3v) is 3.90. The summed E-state index contributed by atoms with van der Waals surface area (Å²) in [5.41, 5.74) is 1.04. The standard InChI is InChI=1S/C13H20N6O/c1-10-15-13(17-20-10)8-11-2-5-19(6-3-11)7-4-12-9-14-18-16-12/h9,11H,2-8H2,1H3,(H,14,16,18). The van der Waals surface area contributed by atoms with E-state index in [0.717, 1.165) is 44.0 Å². The van der Waals surface area contributed by atoms with Crippen LogP contribution in [0.2, 0.25) is 0 Å². The van der Waals surface area contributed by atoms with Gasteiger partial charge in [-0.3, -0.25) is 0 Å². The largest absolute Gasteiger partial charge is 0.340 e. The van der Waals surface area contributed by atoms with Crippen molar-refractivity contribution < 1.29 is 4.52 Å². The summed E-state index contributed by atoms with van der Waals surface area (Å²) < 4.78 is 5.02. The maximum Gasteiger partial charge on any atom is 0.223 e. The molecule has 0 aromatic carbocycles. The second-order valence-corrected chi connectivity index (χ2v) is 5.43. The number of piperidine rings is 1. The van der Waals surface area contributed by atoms with Crippen molar-refractivity contribution in [2.24, 2.45) is 5.92 Å². The van der Waals surface area contributed by atoms with E-state index < -0.39 is 0 Å². The Morgan fingerprint density at radius 2 is 2.25 bits per heavy atom. The normalized spacial score (nSPS) is 17.6. The van der Waals surface area contributed by atoms with Crippen molar-refractivity contribution in [2.75, 3.05) is 19.6 Å². The number of aromatic nitrogens is 5. The van der Waals surface area contributed by atoms with Crippen molar-refractivity contribution in [3.05, 3.63) is 23.6 Å². The second-order valence-electron chi connectivity index (χ2n) is 5.43. The van der Waals surface area contributed by atoms with Crippen LogP contribution in [0.3, 0.4) is 0 Å². The zero-order valence-corrected chi connectivity index (χ0v) is 11.7. The SMILES string of the molecule is Cc1nc(CC2CCN(CCc3cn[nH]n3)CC2)no1. The maximum absolute atomic E-state index is 5.02. The lowest BCUT2D eigenvalue weighted by Gasteiger charge is -2.31. The van der Waals surface area contributed by atoms with Crippen LogP contribution < -0.4 is 0 Å². The molecule has 1 fully saturated rings. The molecule has 0 unspecified atom stereocenters. The van der Waals surface area contributed by atoms with Crippen molar-refractivity contribution in [3.63, 3.8) is 0 Å². The molecule has 0 bridgehead atoms. The van der Waals surface area contributed by atoms with Crippen molar-refractivity contribution in [3.8, 4) is 0 Å². The highest BCUT2D eigenvalue weighted by atomic mass is 16.5. The highest BCUT2D eigenvalue weighted by molar-refractivity contribution is 4.92. The molecule has 0 saturated carbocycles. The van der Waals surface area contributed by atoms with Gasteiger partial charge in [-0.1, -0.05) is 5.16 Å². The van der Waals surface area contributed by atoms with Gasteiger partial charge in [0, 0.05) is 26.3 Å². The molecule has 7 heteroatoms. The molecule has 7 nitrogen and oxygen atoms in total. The van der Waals surface area contributed by atoms with Crippen molar-refractivity contribution >= 4 is 0 Å². The van der Waals surface area contributed by atoms with Crippen LogP contribution in [-0.2, 0) is 12.8 Å². The molecule has 20 heavy (non-hydrogen) atoms. The zero-order chi connectivity index (χ0) is 13.8. The molecule has 0 amide bonds. The predicted octanol–water partition coefficient (Wildman–Crippen LogP) is 0.993. The van der Waals surface area contributed by atoms with Crippen molar-refractivity contribution in [2.45, 2.75) is 32.6 Å². The number of nitrogens with one attached hydrogen (secondary N) is 1. The predicted molar refractivity (Wildman–Crippen MR) is 72.0 cm³/mol. The molecule has 3 rings (SSSR count). The van der Waals surface area contributed by atoms with Gasteiger partial charge in [0.25, 0.3) is 0 Å². The molecule has 0 aliphatic carbocycles. The number of likely N-dealkylation sites (tertiary alicyclic amines) is 1. The summed E-state index contributed by atoms with van der Waals surface area (Å²) in [7, 11) is 0. The Labute approximate surface area is 117 Å². The first-order chi connectivity index (χ1) is 9.79. The third-order valence-electron chi connectivity index (χ3n) is 3.90. The number of H-pyrrole nitrogens is 1. The number of aromatic amines is 1. The molecule has 1 N–H and O–H groups in total. The summed E-state index contributed by atoms with van der Waals surface area (Å²) in [6.07, 6.45) is 6.10. The molecular weight excluding hydrogens is 256 g/mol. The summed E-state index contributed by atoms with van der Waals surface area (Å²) >= 11 is 0. The van der Waals surface area contributed by atoms with Crippen LogP contribution in [0.25, 0.3) is 0 Å². The maximum atomic E-state index is 5.02. The first kappa shape index (κ1) is 13.2. The summed E-state index contributed by atoms with van der Waals surface area (Å²) in [5, 5.41) is 14.5. The first-order valence-electron chi connectivity index (χ1n) is 7.16. The Kier molecular flexibility index (Phi) is 4.05. The molecule has 2 aromatic rings. The fraction of sp³-hybridized carbons (Fsp3) is 0.692. The van der Waals surface area contributed by atoms with Gasteiger partial charge in [-0.05, 0) is 31.8 Å². The Bertz CT molecular complexity index is 515. The quantitative estimate of drug-likeness (QED) is 0.877. The fourth-order valence-corrected chi connectivity index (χ4v) is 2.72. The van der Waals surface area contributed by atoms with Gasteiger partial charge in [-0.25, -0.2) is 0 Å². The van der Waals surface area contributed by atoms with Gasteiger partial charge in [-0.2, -0.15) is 20.4 Å². The number of hydrogen-bond donors (Lipinski definition) is 1. The van der Waals surface area contributed by atoms with Gasteiger partial charge in [-0.15, -0.1) is 0 Å². The lowest BCUT2D eigenvalue weighted by atomic mass is 9.93. The van der Waals surface area contributed by atoms with Gasteiger partial charge in [0.2, 0.25) is 5.89 Å². The molecule has 1 aliphatic rings. The minimum absolute atomic E-state index is 0.657. The Hall–Kier alpha value is -1.76. The molecule has 0 radical (unpaired) electrons. The number of nitrogens with zero attached hydrogens (tertiary/aromatic N) is 5. The van der Waals surface area contributed by atoms with Gasteiger partial charge < -0.3 is 9.42 Å². The van der Waals surface area contributed by atoms with Crippen LogP contribution in [0, 0.1) is 12.8 Å². The van der Waals surface area contributed by atoms with E-state index in [-0.39, 0.29) is 0 Å². The number of hydrogen-bond acceptors (Lipinski definition) is 6. The van der Waals surface area contributed by atoms with Crippen LogP contribution >= 0.6 is 0 Å². The minimum atomic E-state index is 0.657. The van der Waals surface area contributed by atoms with Crippen LogP contribution in [0.15, 0.2) is 10.7 Å². The van der Waals surface area contributed by atoms with Gasteiger partial charge in [0.15, 0.2) is 5.82 Å². The van der Waals surface area contributed by atoms with E-state index in [1.54, 1.807) is 6.20 Å². The summed E-state index contributed by atoms with van der Waals surface area (Å²) in [4.78, 5) is 6.78. The highest BCUT2D eigenvalue weighted by Crippen LogP contribution is 2.20. The summed E-state index contributed by atoms with van der Waals surface area (Å²) in [6, 6.07) is 0. The average Bonchev–Trinajstić information content (AvgIpc) is 3.10. The minimum Gasteiger partial charge on any atom is -0.340 e. The molecule has 108 valence electrons. The lowest BCUT2D eigenvalue weighted by molar-refractivity contribution is 0.183. The van der Waals surface area contributed by atoms with Gasteiger partial charge in [0.05, 0.1) is 11.9 Å². The summed E-state index contributed by atoms with van der Waals surface area (Å²) in [5.74, 6) is 2.18. The first-order valence-corrected chi connectivity index (χ1v) is 7.16. The van der Waals surface area contributed by atoms with E-state index in [1.165, 1.54) is 12.8 Å². The Balaban J connectivity index is 1.40. The Morgan fingerprint density at radius 3 is 2.90 bits per heavy atom. The molecule has 0 atom stereocenters. The monoisotopic (exact) mass is 276 g/mol. The average molecular weight is 276 g/mol. The third kappa shape index (κ3) is 3.41. The fourth-order valence-electron chi connectivity index (χ4n) is 2.72.